The summed E-state index contributed by atoms with van der Waals surface area (Å²) < 4.78 is 17.0. The molecule has 0 radical (unpaired) electrons. The van der Waals surface area contributed by atoms with E-state index in [2.05, 4.69) is 26.8 Å². The van der Waals surface area contributed by atoms with E-state index in [1.54, 1.807) is 49.2 Å². The molecule has 4 aromatic rings. The van der Waals surface area contributed by atoms with E-state index < -0.39 is 6.67 Å². The van der Waals surface area contributed by atoms with Crippen LogP contribution in [-0.4, -0.2) is 60.8 Å². The molecule has 3 aromatic heterocycles. The molecule has 1 atom stereocenters. The Labute approximate surface area is 214 Å². The monoisotopic (exact) mass is 503 g/mol. The molecule has 1 aliphatic rings. The number of benzene rings is 1. The largest absolute Gasteiger partial charge is 0.339 e. The van der Waals surface area contributed by atoms with Gasteiger partial charge >= 0.3 is 0 Å². The Morgan fingerprint density at radius 2 is 1.86 bits per heavy atom. The molecule has 0 unspecified atom stereocenters. The average Bonchev–Trinajstić information content (AvgIpc) is 3.13. The molecule has 4 heterocycles. The number of halogens is 1. The highest BCUT2D eigenvalue weighted by molar-refractivity contribution is 5.84. The highest BCUT2D eigenvalue weighted by Crippen LogP contribution is 2.25. The zero-order valence-corrected chi connectivity index (χ0v) is 21.5. The lowest BCUT2D eigenvalue weighted by atomic mass is 10.1. The highest BCUT2D eigenvalue weighted by Gasteiger charge is 2.26. The van der Waals surface area contributed by atoms with Crippen molar-refractivity contribution in [3.63, 3.8) is 0 Å². The fourth-order valence-electron chi connectivity index (χ4n) is 4.94. The molecule has 1 saturated heterocycles. The van der Waals surface area contributed by atoms with Gasteiger partial charge in [-0.3, -0.25) is 23.9 Å². The molecule has 192 valence electrons. The zero-order chi connectivity index (χ0) is 26.3. The summed E-state index contributed by atoms with van der Waals surface area (Å²) in [4.78, 5) is 42.3. The molecule has 0 spiro atoms. The van der Waals surface area contributed by atoms with E-state index in [0.717, 1.165) is 22.3 Å². The summed E-state index contributed by atoms with van der Waals surface area (Å²) in [7, 11) is 1.71. The first-order valence-corrected chi connectivity index (χ1v) is 12.3. The predicted molar refractivity (Wildman–Crippen MR) is 140 cm³/mol. The number of fused-ring (bicyclic) bond motifs is 1. The maximum atomic E-state index is 13.6. The minimum absolute atomic E-state index is 0.0802. The molecule has 0 N–H and O–H groups in total. The lowest BCUT2D eigenvalue weighted by molar-refractivity contribution is -0.129. The number of anilines is 1. The van der Waals surface area contributed by atoms with Gasteiger partial charge in [-0.2, -0.15) is 0 Å². The van der Waals surface area contributed by atoms with Crippen LogP contribution in [0.2, 0.25) is 0 Å². The van der Waals surface area contributed by atoms with Crippen LogP contribution in [0.25, 0.3) is 22.0 Å². The van der Waals surface area contributed by atoms with Crippen LogP contribution in [0, 0.1) is 6.92 Å². The summed E-state index contributed by atoms with van der Waals surface area (Å²) in [5, 5.41) is 0.579. The third kappa shape index (κ3) is 4.59. The lowest BCUT2D eigenvalue weighted by Crippen LogP contribution is -2.53. The topological polar surface area (TPSA) is 89.2 Å². The van der Waals surface area contributed by atoms with Crippen molar-refractivity contribution in [2.45, 2.75) is 40.0 Å². The molecule has 1 aliphatic heterocycles. The predicted octanol–water partition coefficient (Wildman–Crippen LogP) is 3.08. The van der Waals surface area contributed by atoms with E-state index >= 15 is 0 Å². The molecule has 1 amide bonds. The summed E-state index contributed by atoms with van der Waals surface area (Å²) in [6.07, 6.45) is 3.56. The summed E-state index contributed by atoms with van der Waals surface area (Å²) >= 11 is 0. The van der Waals surface area contributed by atoms with Crippen LogP contribution in [0.5, 0.6) is 0 Å². The number of carbonyl (C=O) groups excluding carboxylic acids is 1. The lowest BCUT2D eigenvalue weighted by Gasteiger charge is -2.39. The van der Waals surface area contributed by atoms with Gasteiger partial charge in [0.25, 0.3) is 5.56 Å². The number of hydrogen-bond acceptors (Lipinski definition) is 6. The Hall–Kier alpha value is -4.08. The van der Waals surface area contributed by atoms with Crippen LogP contribution in [0.15, 0.2) is 47.5 Å². The van der Waals surface area contributed by atoms with Gasteiger partial charge in [0.2, 0.25) is 11.9 Å². The standard InChI is InChI=1S/C27H30FN7O2/c1-17-5-6-21(12-28)24(31-17)16-35-25-11-20(7-8-23(25)26(37)32(35)4)22-13-29-27(30-14-22)34-10-9-33(19(3)36)15-18(34)2/h5-8,11,13-14,18H,9-10,12,15-16H2,1-4H3/t18-/m1/s1. The Kier molecular flexibility index (Phi) is 6.49. The maximum Gasteiger partial charge on any atom is 0.274 e. The van der Waals surface area contributed by atoms with Gasteiger partial charge in [-0.25, -0.2) is 14.4 Å². The van der Waals surface area contributed by atoms with Gasteiger partial charge < -0.3 is 9.80 Å². The smallest absolute Gasteiger partial charge is 0.274 e. The number of hydrogen-bond donors (Lipinski definition) is 0. The molecule has 0 saturated carbocycles. The number of alkyl halides is 1. The quantitative estimate of drug-likeness (QED) is 0.416. The Bertz CT molecular complexity index is 1530. The van der Waals surface area contributed by atoms with Gasteiger partial charge in [0.1, 0.15) is 6.67 Å². The van der Waals surface area contributed by atoms with E-state index in [0.29, 0.717) is 42.2 Å². The van der Waals surface area contributed by atoms with Crippen LogP contribution in [0.3, 0.4) is 0 Å². The van der Waals surface area contributed by atoms with Crippen molar-refractivity contribution < 1.29 is 9.18 Å². The molecule has 9 nitrogen and oxygen atoms in total. The van der Waals surface area contributed by atoms with E-state index in [9.17, 15) is 14.0 Å². The number of pyridine rings is 1. The molecular weight excluding hydrogens is 473 g/mol. The van der Waals surface area contributed by atoms with E-state index in [-0.39, 0.29) is 24.1 Å². The summed E-state index contributed by atoms with van der Waals surface area (Å²) in [6.45, 7) is 7.14. The van der Waals surface area contributed by atoms with Crippen molar-refractivity contribution in [1.82, 2.24) is 29.2 Å². The first kappa shape index (κ1) is 24.6. The van der Waals surface area contributed by atoms with Crippen LogP contribution in [0.1, 0.15) is 30.8 Å². The van der Waals surface area contributed by atoms with Crippen molar-refractivity contribution >= 4 is 22.8 Å². The van der Waals surface area contributed by atoms with Gasteiger partial charge in [-0.05, 0) is 37.6 Å². The number of nitrogens with zero attached hydrogens (tertiary/aromatic N) is 7. The summed E-state index contributed by atoms with van der Waals surface area (Å²) in [5.74, 6) is 0.707. The fourth-order valence-corrected chi connectivity index (χ4v) is 4.94. The first-order chi connectivity index (χ1) is 17.8. The summed E-state index contributed by atoms with van der Waals surface area (Å²) in [5.41, 5.74) is 4.21. The number of carbonyl (C=O) groups is 1. The zero-order valence-electron chi connectivity index (χ0n) is 21.5. The maximum absolute atomic E-state index is 13.6. The third-order valence-electron chi connectivity index (χ3n) is 7.11. The van der Waals surface area contributed by atoms with E-state index in [1.807, 2.05) is 28.6 Å². The Morgan fingerprint density at radius 1 is 1.11 bits per heavy atom. The minimum Gasteiger partial charge on any atom is -0.339 e. The van der Waals surface area contributed by atoms with Gasteiger partial charge in [0.15, 0.2) is 0 Å². The molecule has 0 aliphatic carbocycles. The second kappa shape index (κ2) is 9.76. The number of rotatable bonds is 5. The molecule has 10 heteroatoms. The van der Waals surface area contributed by atoms with Gasteiger partial charge in [-0.15, -0.1) is 0 Å². The van der Waals surface area contributed by atoms with Crippen LogP contribution < -0.4 is 10.5 Å². The van der Waals surface area contributed by atoms with Crippen molar-refractivity contribution in [2.24, 2.45) is 7.05 Å². The minimum atomic E-state index is -0.618. The number of aryl methyl sites for hydroxylation is 1. The summed E-state index contributed by atoms with van der Waals surface area (Å²) in [6, 6.07) is 9.28. The second-order valence-electron chi connectivity index (χ2n) is 9.59. The molecule has 5 rings (SSSR count). The number of piperazine rings is 1. The fraction of sp³-hybridized carbons (Fsp3) is 0.370. The van der Waals surface area contributed by atoms with E-state index in [1.165, 1.54) is 0 Å². The molecular formula is C27H30FN7O2. The Morgan fingerprint density at radius 3 is 2.54 bits per heavy atom. The molecule has 1 fully saturated rings. The van der Waals surface area contributed by atoms with Crippen molar-refractivity contribution in [3.05, 3.63) is 70.0 Å². The van der Waals surface area contributed by atoms with Crippen molar-refractivity contribution in [3.8, 4) is 11.1 Å². The normalized spacial score (nSPS) is 16.0. The van der Waals surface area contributed by atoms with Crippen molar-refractivity contribution in [2.75, 3.05) is 24.5 Å². The van der Waals surface area contributed by atoms with E-state index in [4.69, 9.17) is 0 Å². The average molecular weight is 504 g/mol. The third-order valence-corrected chi connectivity index (χ3v) is 7.11. The molecule has 37 heavy (non-hydrogen) atoms. The first-order valence-electron chi connectivity index (χ1n) is 12.3. The van der Waals surface area contributed by atoms with Gasteiger partial charge in [0, 0.05) is 68.9 Å². The van der Waals surface area contributed by atoms with Crippen molar-refractivity contribution in [1.29, 1.82) is 0 Å². The number of amides is 1. The number of aromatic nitrogens is 5. The second-order valence-corrected chi connectivity index (χ2v) is 9.59. The van der Waals surface area contributed by atoms with Gasteiger partial charge in [-0.1, -0.05) is 12.1 Å². The highest BCUT2D eigenvalue weighted by atomic mass is 19.1. The van der Waals surface area contributed by atoms with Crippen LogP contribution in [0.4, 0.5) is 10.3 Å². The van der Waals surface area contributed by atoms with Crippen LogP contribution in [-0.2, 0) is 25.1 Å². The Balaban J connectivity index is 1.46. The van der Waals surface area contributed by atoms with Crippen LogP contribution >= 0.6 is 0 Å². The molecule has 1 aromatic carbocycles. The van der Waals surface area contributed by atoms with Gasteiger partial charge in [0.05, 0.1) is 23.1 Å². The molecule has 0 bridgehead atoms. The SMILES string of the molecule is CC(=O)N1CCN(c2ncc(-c3ccc4c(=O)n(C)n(Cc5nc(C)ccc5CF)c4c3)cn2)[C@H](C)C1.